The number of hydrogen-bond acceptors (Lipinski definition) is 4. The number of amides is 1. The molecular weight excluding hydrogens is 254 g/mol. The maximum absolute atomic E-state index is 11.5. The van der Waals surface area contributed by atoms with E-state index in [1.165, 1.54) is 0 Å². The van der Waals surface area contributed by atoms with Gasteiger partial charge in [-0.2, -0.15) is 5.26 Å². The summed E-state index contributed by atoms with van der Waals surface area (Å²) in [6.07, 6.45) is 0.772. The zero-order valence-electron chi connectivity index (χ0n) is 11.8. The van der Waals surface area contributed by atoms with Crippen molar-refractivity contribution in [3.63, 3.8) is 0 Å². The Balaban J connectivity index is 2.33. The summed E-state index contributed by atoms with van der Waals surface area (Å²) in [4.78, 5) is 11.5. The second kappa shape index (κ2) is 9.96. The molecule has 1 rings (SSSR count). The SMILES string of the molecule is COCCNC(=O)CCNC(CC#N)c1ccccc1. The first-order chi connectivity index (χ1) is 9.77. The number of rotatable bonds is 9. The van der Waals surface area contributed by atoms with Crippen molar-refractivity contribution in [2.45, 2.75) is 18.9 Å². The fourth-order valence-electron chi connectivity index (χ4n) is 1.83. The first-order valence-electron chi connectivity index (χ1n) is 6.69. The monoisotopic (exact) mass is 275 g/mol. The van der Waals surface area contributed by atoms with E-state index in [0.29, 0.717) is 32.5 Å². The largest absolute Gasteiger partial charge is 0.383 e. The fourth-order valence-corrected chi connectivity index (χ4v) is 1.83. The lowest BCUT2D eigenvalue weighted by Gasteiger charge is -2.16. The molecule has 0 saturated carbocycles. The molecule has 0 saturated heterocycles. The van der Waals surface area contributed by atoms with Gasteiger partial charge in [-0.15, -0.1) is 0 Å². The third-order valence-electron chi connectivity index (χ3n) is 2.87. The molecule has 0 aliphatic heterocycles. The highest BCUT2D eigenvalue weighted by molar-refractivity contribution is 5.76. The molecular formula is C15H21N3O2. The van der Waals surface area contributed by atoms with Crippen molar-refractivity contribution in [1.82, 2.24) is 10.6 Å². The van der Waals surface area contributed by atoms with Crippen molar-refractivity contribution in [1.29, 1.82) is 5.26 Å². The topological polar surface area (TPSA) is 74.2 Å². The maximum Gasteiger partial charge on any atom is 0.221 e. The molecule has 108 valence electrons. The Morgan fingerprint density at radius 1 is 1.35 bits per heavy atom. The van der Waals surface area contributed by atoms with E-state index in [9.17, 15) is 4.79 Å². The summed E-state index contributed by atoms with van der Waals surface area (Å²) in [5, 5.41) is 14.9. The van der Waals surface area contributed by atoms with Crippen LogP contribution in [0, 0.1) is 11.3 Å². The van der Waals surface area contributed by atoms with Crippen LogP contribution in [0.2, 0.25) is 0 Å². The number of nitrogens with one attached hydrogen (secondary N) is 2. The van der Waals surface area contributed by atoms with E-state index >= 15 is 0 Å². The molecule has 1 aromatic rings. The molecule has 0 aliphatic carbocycles. The Morgan fingerprint density at radius 3 is 2.75 bits per heavy atom. The maximum atomic E-state index is 11.5. The van der Waals surface area contributed by atoms with Crippen molar-refractivity contribution in [2.75, 3.05) is 26.8 Å². The number of carbonyl (C=O) groups excluding carboxylic acids is 1. The molecule has 0 fully saturated rings. The van der Waals surface area contributed by atoms with Crippen molar-refractivity contribution in [3.8, 4) is 6.07 Å². The molecule has 1 amide bonds. The van der Waals surface area contributed by atoms with Gasteiger partial charge >= 0.3 is 0 Å². The van der Waals surface area contributed by atoms with Crippen LogP contribution in [0.3, 0.4) is 0 Å². The zero-order chi connectivity index (χ0) is 14.6. The molecule has 1 unspecified atom stereocenters. The second-order valence-electron chi connectivity index (χ2n) is 4.37. The van der Waals surface area contributed by atoms with Crippen LogP contribution >= 0.6 is 0 Å². The first kappa shape index (κ1) is 16.2. The second-order valence-corrected chi connectivity index (χ2v) is 4.37. The predicted octanol–water partition coefficient (Wildman–Crippen LogP) is 1.38. The van der Waals surface area contributed by atoms with Crippen LogP contribution < -0.4 is 10.6 Å². The van der Waals surface area contributed by atoms with Crippen LogP contribution in [0.5, 0.6) is 0 Å². The lowest BCUT2D eigenvalue weighted by molar-refractivity contribution is -0.121. The minimum atomic E-state index is -0.0343. The predicted molar refractivity (Wildman–Crippen MR) is 76.9 cm³/mol. The Bertz CT molecular complexity index is 428. The summed E-state index contributed by atoms with van der Waals surface area (Å²) in [6.45, 7) is 1.58. The van der Waals surface area contributed by atoms with E-state index < -0.39 is 0 Å². The molecule has 0 radical (unpaired) electrons. The van der Waals surface area contributed by atoms with E-state index in [2.05, 4.69) is 16.7 Å². The zero-order valence-corrected chi connectivity index (χ0v) is 11.8. The summed E-state index contributed by atoms with van der Waals surface area (Å²) in [7, 11) is 1.60. The quantitative estimate of drug-likeness (QED) is 0.668. The lowest BCUT2D eigenvalue weighted by atomic mass is 10.0. The Hall–Kier alpha value is -1.90. The molecule has 1 aromatic carbocycles. The molecule has 0 aliphatic rings. The van der Waals surface area contributed by atoms with Crippen molar-refractivity contribution < 1.29 is 9.53 Å². The molecule has 2 N–H and O–H groups in total. The van der Waals surface area contributed by atoms with Crippen LogP contribution in [0.15, 0.2) is 30.3 Å². The highest BCUT2D eigenvalue weighted by atomic mass is 16.5. The van der Waals surface area contributed by atoms with Gasteiger partial charge in [0, 0.05) is 32.7 Å². The lowest BCUT2D eigenvalue weighted by Crippen LogP contribution is -2.31. The molecule has 20 heavy (non-hydrogen) atoms. The average molecular weight is 275 g/mol. The van der Waals surface area contributed by atoms with E-state index in [1.807, 2.05) is 30.3 Å². The number of hydrogen-bond donors (Lipinski definition) is 2. The van der Waals surface area contributed by atoms with Crippen LogP contribution in [-0.2, 0) is 9.53 Å². The van der Waals surface area contributed by atoms with Gasteiger partial charge in [0.05, 0.1) is 19.1 Å². The Morgan fingerprint density at radius 2 is 2.10 bits per heavy atom. The molecule has 5 nitrogen and oxygen atoms in total. The number of nitrogens with zero attached hydrogens (tertiary/aromatic N) is 1. The van der Waals surface area contributed by atoms with Gasteiger partial charge in [0.1, 0.15) is 0 Å². The molecule has 0 bridgehead atoms. The van der Waals surface area contributed by atoms with Crippen LogP contribution in [0.25, 0.3) is 0 Å². The summed E-state index contributed by atoms with van der Waals surface area (Å²) < 4.78 is 4.86. The minimum absolute atomic E-state index is 0.0154. The van der Waals surface area contributed by atoms with Gasteiger partial charge in [-0.1, -0.05) is 30.3 Å². The highest BCUT2D eigenvalue weighted by Gasteiger charge is 2.10. The van der Waals surface area contributed by atoms with Gasteiger partial charge < -0.3 is 15.4 Å². The number of nitriles is 1. The molecule has 1 atom stereocenters. The number of carbonyl (C=O) groups is 1. The van der Waals surface area contributed by atoms with Gasteiger partial charge in [0.15, 0.2) is 0 Å². The number of benzene rings is 1. The summed E-state index contributed by atoms with van der Waals surface area (Å²) in [6, 6.07) is 11.9. The molecule has 0 heterocycles. The first-order valence-corrected chi connectivity index (χ1v) is 6.69. The highest BCUT2D eigenvalue weighted by Crippen LogP contribution is 2.15. The van der Waals surface area contributed by atoms with Crippen molar-refractivity contribution in [3.05, 3.63) is 35.9 Å². The van der Waals surface area contributed by atoms with Crippen molar-refractivity contribution in [2.24, 2.45) is 0 Å². The van der Waals surface area contributed by atoms with Crippen LogP contribution in [-0.4, -0.2) is 32.7 Å². The third-order valence-corrected chi connectivity index (χ3v) is 2.87. The van der Waals surface area contributed by atoms with Gasteiger partial charge in [0.2, 0.25) is 5.91 Å². The van der Waals surface area contributed by atoms with Crippen LogP contribution in [0.1, 0.15) is 24.4 Å². The number of methoxy groups -OCH3 is 1. The van der Waals surface area contributed by atoms with E-state index in [-0.39, 0.29) is 11.9 Å². The standard InChI is InChI=1S/C15H21N3O2/c1-20-12-11-18-15(19)8-10-17-14(7-9-16)13-5-3-2-4-6-13/h2-6,14,17H,7-8,10-12H2,1H3,(H,18,19). The molecule has 5 heteroatoms. The Labute approximate surface area is 119 Å². The molecule has 0 aromatic heterocycles. The summed E-state index contributed by atoms with van der Waals surface area (Å²) >= 11 is 0. The summed E-state index contributed by atoms with van der Waals surface area (Å²) in [5.41, 5.74) is 1.06. The van der Waals surface area contributed by atoms with Gasteiger partial charge in [-0.25, -0.2) is 0 Å². The normalized spacial score (nSPS) is 11.6. The number of ether oxygens (including phenoxy) is 1. The Kier molecular flexibility index (Phi) is 8.04. The van der Waals surface area contributed by atoms with Crippen LogP contribution in [0.4, 0.5) is 0 Å². The van der Waals surface area contributed by atoms with Gasteiger partial charge in [0.25, 0.3) is 0 Å². The van der Waals surface area contributed by atoms with Gasteiger partial charge in [-0.3, -0.25) is 4.79 Å². The summed E-state index contributed by atoms with van der Waals surface area (Å²) in [5.74, 6) is -0.0154. The van der Waals surface area contributed by atoms with E-state index in [0.717, 1.165) is 5.56 Å². The van der Waals surface area contributed by atoms with Gasteiger partial charge in [-0.05, 0) is 5.56 Å². The average Bonchev–Trinajstić information content (AvgIpc) is 2.47. The van der Waals surface area contributed by atoms with Crippen molar-refractivity contribution >= 4 is 5.91 Å². The fraction of sp³-hybridized carbons (Fsp3) is 0.467. The minimum Gasteiger partial charge on any atom is -0.383 e. The smallest absolute Gasteiger partial charge is 0.221 e. The van der Waals surface area contributed by atoms with E-state index in [1.54, 1.807) is 7.11 Å². The van der Waals surface area contributed by atoms with E-state index in [4.69, 9.17) is 10.00 Å². The molecule has 0 spiro atoms. The third kappa shape index (κ3) is 6.32.